The summed E-state index contributed by atoms with van der Waals surface area (Å²) in [6.07, 6.45) is 5.10. The molecule has 1 aromatic rings. The molecule has 100 valence electrons. The summed E-state index contributed by atoms with van der Waals surface area (Å²) in [4.78, 5) is 11.9. The Morgan fingerprint density at radius 3 is 2.72 bits per heavy atom. The molecule has 0 aromatic carbocycles. The number of carbonyl (C=O) groups is 1. The van der Waals surface area contributed by atoms with Crippen LogP contribution in [0.3, 0.4) is 0 Å². The Kier molecular flexibility index (Phi) is 3.65. The standard InChI is InChI=1S/C10H16N4O3S/c1-7(10(15)12-8-4-2-3-5-8)18(16,17)9-6-11-14-13-9/h6-8H,2-5H2,1H3,(H,12,15)(H,11,13,14). The minimum Gasteiger partial charge on any atom is -0.352 e. The zero-order chi connectivity index (χ0) is 13.2. The Bertz CT molecular complexity index is 505. The van der Waals surface area contributed by atoms with Crippen molar-refractivity contribution in [1.82, 2.24) is 20.7 Å². The summed E-state index contributed by atoms with van der Waals surface area (Å²) in [5.74, 6) is -0.468. The molecule has 1 atom stereocenters. The van der Waals surface area contributed by atoms with E-state index in [1.807, 2.05) is 0 Å². The van der Waals surface area contributed by atoms with Crippen LogP contribution in [0.4, 0.5) is 0 Å². The van der Waals surface area contributed by atoms with Gasteiger partial charge in [-0.3, -0.25) is 4.79 Å². The fourth-order valence-electron chi connectivity index (χ4n) is 2.04. The molecule has 1 heterocycles. The number of sulfone groups is 1. The molecule has 7 nitrogen and oxygen atoms in total. The molecule has 0 saturated heterocycles. The van der Waals surface area contributed by atoms with Crippen LogP contribution in [0.1, 0.15) is 32.6 Å². The van der Waals surface area contributed by atoms with Gasteiger partial charge in [0.05, 0.1) is 6.20 Å². The first kappa shape index (κ1) is 13.0. The summed E-state index contributed by atoms with van der Waals surface area (Å²) in [6.45, 7) is 1.37. The fourth-order valence-corrected chi connectivity index (χ4v) is 3.12. The van der Waals surface area contributed by atoms with Crippen LogP contribution in [-0.4, -0.2) is 41.0 Å². The number of hydrogen-bond donors (Lipinski definition) is 2. The Hall–Kier alpha value is -1.44. The van der Waals surface area contributed by atoms with Crippen molar-refractivity contribution in [2.45, 2.75) is 48.9 Å². The van der Waals surface area contributed by atoms with Gasteiger partial charge in [-0.25, -0.2) is 8.42 Å². The molecule has 0 radical (unpaired) electrons. The highest BCUT2D eigenvalue weighted by molar-refractivity contribution is 7.92. The van der Waals surface area contributed by atoms with Crippen LogP contribution in [-0.2, 0) is 14.6 Å². The number of hydrogen-bond acceptors (Lipinski definition) is 5. The summed E-state index contributed by atoms with van der Waals surface area (Å²) in [5, 5.41) is 10.6. The van der Waals surface area contributed by atoms with Crippen LogP contribution in [0.25, 0.3) is 0 Å². The lowest BCUT2D eigenvalue weighted by Gasteiger charge is -2.15. The molecular weight excluding hydrogens is 256 g/mol. The van der Waals surface area contributed by atoms with E-state index in [9.17, 15) is 13.2 Å². The van der Waals surface area contributed by atoms with E-state index in [-0.39, 0.29) is 11.1 Å². The minimum absolute atomic E-state index is 0.104. The summed E-state index contributed by atoms with van der Waals surface area (Å²) in [5.41, 5.74) is 0. The lowest BCUT2D eigenvalue weighted by Crippen LogP contribution is -2.42. The average molecular weight is 272 g/mol. The maximum Gasteiger partial charge on any atom is 0.238 e. The van der Waals surface area contributed by atoms with Crippen molar-refractivity contribution < 1.29 is 13.2 Å². The fraction of sp³-hybridized carbons (Fsp3) is 0.700. The molecule has 0 bridgehead atoms. The summed E-state index contributed by atoms with van der Waals surface area (Å²) >= 11 is 0. The Balaban J connectivity index is 2.06. The Labute approximate surface area is 105 Å². The normalized spacial score (nSPS) is 18.7. The molecule has 8 heteroatoms. The second kappa shape index (κ2) is 5.05. The van der Waals surface area contributed by atoms with Gasteiger partial charge in [0.2, 0.25) is 15.7 Å². The number of carbonyl (C=O) groups excluding carboxylic acids is 1. The molecule has 1 amide bonds. The van der Waals surface area contributed by atoms with Crippen molar-refractivity contribution in [2.75, 3.05) is 0 Å². The van der Waals surface area contributed by atoms with Crippen LogP contribution in [0.15, 0.2) is 11.2 Å². The lowest BCUT2D eigenvalue weighted by molar-refractivity contribution is -0.121. The monoisotopic (exact) mass is 272 g/mol. The molecule has 0 spiro atoms. The van der Waals surface area contributed by atoms with E-state index in [0.717, 1.165) is 31.9 Å². The molecule has 1 aromatic heterocycles. The van der Waals surface area contributed by atoms with Crippen LogP contribution in [0.5, 0.6) is 0 Å². The van der Waals surface area contributed by atoms with Gasteiger partial charge in [-0.05, 0) is 19.8 Å². The number of amides is 1. The largest absolute Gasteiger partial charge is 0.352 e. The van der Waals surface area contributed by atoms with Crippen LogP contribution < -0.4 is 5.32 Å². The number of H-pyrrole nitrogens is 1. The van der Waals surface area contributed by atoms with Gasteiger partial charge in [0.25, 0.3) is 0 Å². The van der Waals surface area contributed by atoms with Gasteiger partial charge >= 0.3 is 0 Å². The lowest BCUT2D eigenvalue weighted by atomic mass is 10.2. The van der Waals surface area contributed by atoms with Gasteiger partial charge in [-0.1, -0.05) is 12.8 Å². The molecule has 1 aliphatic carbocycles. The molecule has 0 aliphatic heterocycles. The van der Waals surface area contributed by atoms with Crippen molar-refractivity contribution in [1.29, 1.82) is 0 Å². The molecule has 1 fully saturated rings. The van der Waals surface area contributed by atoms with E-state index in [0.29, 0.717) is 0 Å². The van der Waals surface area contributed by atoms with E-state index >= 15 is 0 Å². The van der Waals surface area contributed by atoms with Crippen LogP contribution in [0.2, 0.25) is 0 Å². The quantitative estimate of drug-likeness (QED) is 0.804. The maximum absolute atomic E-state index is 12.0. The average Bonchev–Trinajstić information content (AvgIpc) is 3.00. The van der Waals surface area contributed by atoms with Crippen molar-refractivity contribution in [3.8, 4) is 0 Å². The van der Waals surface area contributed by atoms with E-state index in [4.69, 9.17) is 0 Å². The number of rotatable bonds is 4. The van der Waals surface area contributed by atoms with E-state index in [1.165, 1.54) is 6.92 Å². The third kappa shape index (κ3) is 2.53. The highest BCUT2D eigenvalue weighted by atomic mass is 32.2. The molecule has 2 rings (SSSR count). The first-order valence-corrected chi connectivity index (χ1v) is 7.46. The van der Waals surface area contributed by atoms with E-state index in [1.54, 1.807) is 0 Å². The van der Waals surface area contributed by atoms with Crippen molar-refractivity contribution in [3.05, 3.63) is 6.20 Å². The molecule has 1 unspecified atom stereocenters. The highest BCUT2D eigenvalue weighted by Crippen LogP contribution is 2.19. The SMILES string of the molecule is CC(C(=O)NC1CCCC1)S(=O)(=O)c1cn[nH]n1. The zero-order valence-corrected chi connectivity index (χ0v) is 10.9. The van der Waals surface area contributed by atoms with Crippen molar-refractivity contribution in [2.24, 2.45) is 0 Å². The molecule has 1 saturated carbocycles. The minimum atomic E-state index is -3.75. The van der Waals surface area contributed by atoms with Gasteiger partial charge in [-0.15, -0.1) is 5.10 Å². The van der Waals surface area contributed by atoms with Crippen LogP contribution >= 0.6 is 0 Å². The predicted octanol–water partition coefficient (Wildman–Crippen LogP) is 0.0257. The third-order valence-electron chi connectivity index (χ3n) is 3.22. The first-order valence-electron chi connectivity index (χ1n) is 5.92. The predicted molar refractivity (Wildman–Crippen MR) is 63.4 cm³/mol. The van der Waals surface area contributed by atoms with Gasteiger partial charge in [0, 0.05) is 6.04 Å². The molecule has 1 aliphatic rings. The third-order valence-corrected chi connectivity index (χ3v) is 5.15. The van der Waals surface area contributed by atoms with Crippen molar-refractivity contribution in [3.63, 3.8) is 0 Å². The summed E-state index contributed by atoms with van der Waals surface area (Å²) in [7, 11) is -3.75. The second-order valence-corrected chi connectivity index (χ2v) is 6.70. The summed E-state index contributed by atoms with van der Waals surface area (Å²) in [6, 6.07) is 0.104. The molecule has 18 heavy (non-hydrogen) atoms. The van der Waals surface area contributed by atoms with Gasteiger partial charge < -0.3 is 5.32 Å². The van der Waals surface area contributed by atoms with E-state index < -0.39 is 21.0 Å². The topological polar surface area (TPSA) is 105 Å². The maximum atomic E-state index is 12.0. The van der Waals surface area contributed by atoms with Gasteiger partial charge in [-0.2, -0.15) is 10.3 Å². The van der Waals surface area contributed by atoms with Crippen LogP contribution in [0, 0.1) is 0 Å². The van der Waals surface area contributed by atoms with E-state index in [2.05, 4.69) is 20.7 Å². The Morgan fingerprint density at radius 2 is 2.17 bits per heavy atom. The molecular formula is C10H16N4O3S. The number of nitrogens with one attached hydrogen (secondary N) is 2. The van der Waals surface area contributed by atoms with Gasteiger partial charge in [0.1, 0.15) is 5.25 Å². The highest BCUT2D eigenvalue weighted by Gasteiger charge is 2.33. The second-order valence-electron chi connectivity index (χ2n) is 4.49. The number of aromatic amines is 1. The zero-order valence-electron chi connectivity index (χ0n) is 10.1. The van der Waals surface area contributed by atoms with Crippen molar-refractivity contribution >= 4 is 15.7 Å². The first-order chi connectivity index (χ1) is 8.51. The smallest absolute Gasteiger partial charge is 0.238 e. The Morgan fingerprint density at radius 1 is 1.50 bits per heavy atom. The summed E-state index contributed by atoms with van der Waals surface area (Å²) < 4.78 is 24.1. The number of nitrogens with zero attached hydrogens (tertiary/aromatic N) is 2. The number of aromatic nitrogens is 3. The van der Waals surface area contributed by atoms with Gasteiger partial charge in [0.15, 0.2) is 5.03 Å². The molecule has 2 N–H and O–H groups in total.